The Kier molecular flexibility index (Phi) is 5.51. The Morgan fingerprint density at radius 2 is 1.86 bits per heavy atom. The Morgan fingerprint density at radius 1 is 1.19 bits per heavy atom. The number of benzene rings is 1. The molecule has 2 rings (SSSR count). The SMILES string of the molecule is CNC(CC1CCCCC1)c1ccccc1OC(F)(F)F. The van der Waals surface area contributed by atoms with Gasteiger partial charge in [0.15, 0.2) is 0 Å². The molecule has 118 valence electrons. The fourth-order valence-corrected chi connectivity index (χ4v) is 3.14. The van der Waals surface area contributed by atoms with Gasteiger partial charge in [0.1, 0.15) is 5.75 Å². The Labute approximate surface area is 123 Å². The van der Waals surface area contributed by atoms with Crippen LogP contribution in [0.1, 0.15) is 50.1 Å². The summed E-state index contributed by atoms with van der Waals surface area (Å²) in [6.07, 6.45) is 2.26. The van der Waals surface area contributed by atoms with Crippen molar-refractivity contribution < 1.29 is 17.9 Å². The van der Waals surface area contributed by atoms with Crippen LogP contribution in [0.25, 0.3) is 0 Å². The van der Waals surface area contributed by atoms with Crippen molar-refractivity contribution in [2.45, 2.75) is 50.9 Å². The van der Waals surface area contributed by atoms with Crippen molar-refractivity contribution in [3.8, 4) is 5.75 Å². The molecule has 1 unspecified atom stereocenters. The molecule has 0 heterocycles. The Bertz CT molecular complexity index is 441. The summed E-state index contributed by atoms with van der Waals surface area (Å²) >= 11 is 0. The Hall–Kier alpha value is -1.23. The summed E-state index contributed by atoms with van der Waals surface area (Å²) in [4.78, 5) is 0. The summed E-state index contributed by atoms with van der Waals surface area (Å²) in [5.74, 6) is 0.482. The van der Waals surface area contributed by atoms with Gasteiger partial charge in [-0.1, -0.05) is 50.3 Å². The third-order valence-electron chi connectivity index (χ3n) is 4.16. The van der Waals surface area contributed by atoms with E-state index in [1.807, 2.05) is 0 Å². The number of alkyl halides is 3. The molecule has 0 saturated heterocycles. The molecule has 1 atom stereocenters. The van der Waals surface area contributed by atoms with Crippen LogP contribution in [0.4, 0.5) is 13.2 Å². The monoisotopic (exact) mass is 301 g/mol. The molecule has 1 fully saturated rings. The highest BCUT2D eigenvalue weighted by atomic mass is 19.4. The molecule has 0 amide bonds. The molecule has 1 aliphatic rings. The van der Waals surface area contributed by atoms with Crippen LogP contribution in [0.3, 0.4) is 0 Å². The third-order valence-corrected chi connectivity index (χ3v) is 4.16. The van der Waals surface area contributed by atoms with Gasteiger partial charge in [0.05, 0.1) is 0 Å². The second-order valence-electron chi connectivity index (χ2n) is 5.67. The van der Waals surface area contributed by atoms with Crippen LogP contribution in [-0.4, -0.2) is 13.4 Å². The first-order valence-corrected chi connectivity index (χ1v) is 7.51. The van der Waals surface area contributed by atoms with E-state index in [0.29, 0.717) is 11.5 Å². The highest BCUT2D eigenvalue weighted by Gasteiger charge is 2.33. The van der Waals surface area contributed by atoms with Gasteiger partial charge in [-0.15, -0.1) is 13.2 Å². The number of nitrogens with one attached hydrogen (secondary N) is 1. The lowest BCUT2D eigenvalue weighted by atomic mass is 9.83. The average molecular weight is 301 g/mol. The lowest BCUT2D eigenvalue weighted by molar-refractivity contribution is -0.275. The Balaban J connectivity index is 2.13. The average Bonchev–Trinajstić information content (AvgIpc) is 2.45. The minimum Gasteiger partial charge on any atom is -0.405 e. The minimum atomic E-state index is -4.65. The largest absolute Gasteiger partial charge is 0.573 e. The molecule has 5 heteroatoms. The van der Waals surface area contributed by atoms with Crippen molar-refractivity contribution in [2.75, 3.05) is 7.05 Å². The molecule has 2 nitrogen and oxygen atoms in total. The summed E-state index contributed by atoms with van der Waals surface area (Å²) in [7, 11) is 1.79. The fourth-order valence-electron chi connectivity index (χ4n) is 3.14. The van der Waals surface area contributed by atoms with Gasteiger partial charge in [-0.3, -0.25) is 0 Å². The molecule has 0 bridgehead atoms. The molecule has 0 radical (unpaired) electrons. The van der Waals surface area contributed by atoms with Crippen molar-refractivity contribution in [3.05, 3.63) is 29.8 Å². The third kappa shape index (κ3) is 4.92. The molecule has 1 aliphatic carbocycles. The second-order valence-corrected chi connectivity index (χ2v) is 5.67. The Morgan fingerprint density at radius 3 is 2.48 bits per heavy atom. The quantitative estimate of drug-likeness (QED) is 0.842. The smallest absolute Gasteiger partial charge is 0.405 e. The van der Waals surface area contributed by atoms with Crippen molar-refractivity contribution in [1.82, 2.24) is 5.32 Å². The molecule has 1 aromatic carbocycles. The van der Waals surface area contributed by atoms with Gasteiger partial charge >= 0.3 is 6.36 Å². The van der Waals surface area contributed by atoms with E-state index < -0.39 is 6.36 Å². The van der Waals surface area contributed by atoms with Gasteiger partial charge in [0.2, 0.25) is 0 Å². The van der Waals surface area contributed by atoms with Crippen molar-refractivity contribution in [3.63, 3.8) is 0 Å². The minimum absolute atomic E-state index is 0.0971. The van der Waals surface area contributed by atoms with Crippen molar-refractivity contribution >= 4 is 0 Å². The predicted molar refractivity (Wildman–Crippen MR) is 76.1 cm³/mol. The van der Waals surface area contributed by atoms with Crippen LogP contribution in [0.2, 0.25) is 0 Å². The maximum atomic E-state index is 12.5. The van der Waals surface area contributed by atoms with E-state index in [1.165, 1.54) is 38.2 Å². The predicted octanol–water partition coefficient (Wildman–Crippen LogP) is 4.82. The van der Waals surface area contributed by atoms with E-state index in [2.05, 4.69) is 10.1 Å². The molecule has 0 aromatic heterocycles. The van der Waals surface area contributed by atoms with Crippen molar-refractivity contribution in [2.24, 2.45) is 5.92 Å². The first-order valence-electron chi connectivity index (χ1n) is 7.51. The second kappa shape index (κ2) is 7.16. The maximum absolute atomic E-state index is 12.5. The van der Waals surface area contributed by atoms with E-state index >= 15 is 0 Å². The number of hydrogen-bond acceptors (Lipinski definition) is 2. The van der Waals surface area contributed by atoms with Crippen molar-refractivity contribution in [1.29, 1.82) is 0 Å². The normalized spacial score (nSPS) is 18.5. The van der Waals surface area contributed by atoms with Crippen LogP contribution >= 0.6 is 0 Å². The zero-order chi connectivity index (χ0) is 15.3. The van der Waals surface area contributed by atoms with E-state index in [1.54, 1.807) is 25.2 Å². The van der Waals surface area contributed by atoms with Gasteiger partial charge in [0.25, 0.3) is 0 Å². The van der Waals surface area contributed by atoms with Crippen LogP contribution in [0.5, 0.6) is 5.75 Å². The summed E-state index contributed by atoms with van der Waals surface area (Å²) < 4.78 is 41.7. The van der Waals surface area contributed by atoms with Gasteiger partial charge < -0.3 is 10.1 Å². The molecular weight excluding hydrogens is 279 g/mol. The van der Waals surface area contributed by atoms with Gasteiger partial charge in [0, 0.05) is 11.6 Å². The van der Waals surface area contributed by atoms with E-state index in [-0.39, 0.29) is 11.8 Å². The highest BCUT2D eigenvalue weighted by Crippen LogP contribution is 2.36. The van der Waals surface area contributed by atoms with Gasteiger partial charge in [-0.05, 0) is 25.5 Å². The van der Waals surface area contributed by atoms with Gasteiger partial charge in [-0.25, -0.2) is 0 Å². The first kappa shape index (κ1) is 16.1. The maximum Gasteiger partial charge on any atom is 0.573 e. The number of hydrogen-bond donors (Lipinski definition) is 1. The van der Waals surface area contributed by atoms with Crippen LogP contribution in [0.15, 0.2) is 24.3 Å². The molecule has 21 heavy (non-hydrogen) atoms. The summed E-state index contributed by atoms with van der Waals surface area (Å²) in [6.45, 7) is 0. The van der Waals surface area contributed by atoms with Crippen LogP contribution < -0.4 is 10.1 Å². The zero-order valence-electron chi connectivity index (χ0n) is 12.2. The van der Waals surface area contributed by atoms with E-state index in [0.717, 1.165) is 6.42 Å². The molecule has 0 aliphatic heterocycles. The topological polar surface area (TPSA) is 21.3 Å². The number of rotatable bonds is 5. The number of para-hydroxylation sites is 1. The van der Waals surface area contributed by atoms with Gasteiger partial charge in [-0.2, -0.15) is 0 Å². The molecule has 1 aromatic rings. The molecule has 0 spiro atoms. The standard InChI is InChI=1S/C16H22F3NO/c1-20-14(11-12-7-3-2-4-8-12)13-9-5-6-10-15(13)21-16(17,18)19/h5-6,9-10,12,14,20H,2-4,7-8,11H2,1H3. The summed E-state index contributed by atoms with van der Waals surface area (Å²) in [5.41, 5.74) is 0.586. The lowest BCUT2D eigenvalue weighted by Crippen LogP contribution is -2.24. The van der Waals surface area contributed by atoms with E-state index in [9.17, 15) is 13.2 Å². The van der Waals surface area contributed by atoms with Crippen LogP contribution in [0, 0.1) is 5.92 Å². The molecule has 1 N–H and O–H groups in total. The lowest BCUT2D eigenvalue weighted by Gasteiger charge is -2.27. The van der Waals surface area contributed by atoms with Crippen LogP contribution in [-0.2, 0) is 0 Å². The summed E-state index contributed by atoms with van der Waals surface area (Å²) in [6, 6.07) is 6.31. The van der Waals surface area contributed by atoms with E-state index in [4.69, 9.17) is 0 Å². The first-order chi connectivity index (χ1) is 9.99. The fraction of sp³-hybridized carbons (Fsp3) is 0.625. The highest BCUT2D eigenvalue weighted by molar-refractivity contribution is 5.36. The molecular formula is C16H22F3NO. The molecule has 1 saturated carbocycles. The zero-order valence-corrected chi connectivity index (χ0v) is 12.2. The summed E-state index contributed by atoms with van der Waals surface area (Å²) in [5, 5.41) is 3.14. The number of halogens is 3. The number of ether oxygens (including phenoxy) is 1.